The lowest BCUT2D eigenvalue weighted by Crippen LogP contribution is -2.26. The number of hydrogen-bond acceptors (Lipinski definition) is 4. The number of amides is 1. The molecule has 3 aromatic rings. The zero-order valence-corrected chi connectivity index (χ0v) is 19.6. The summed E-state index contributed by atoms with van der Waals surface area (Å²) in [5, 5.41) is 2.66. The molecule has 0 aliphatic heterocycles. The average molecular weight is 454 g/mol. The van der Waals surface area contributed by atoms with Crippen LogP contribution in [0.3, 0.4) is 0 Å². The van der Waals surface area contributed by atoms with Gasteiger partial charge in [-0.25, -0.2) is 9.59 Å². The van der Waals surface area contributed by atoms with Crippen LogP contribution in [0.4, 0.5) is 4.79 Å². The van der Waals surface area contributed by atoms with Gasteiger partial charge in [0.25, 0.3) is 0 Å². The van der Waals surface area contributed by atoms with Crippen LogP contribution in [0.1, 0.15) is 53.7 Å². The number of carbonyl (C=O) groups is 2. The smallest absolute Gasteiger partial charge is 0.407 e. The van der Waals surface area contributed by atoms with Gasteiger partial charge in [-0.1, -0.05) is 72.5 Å². The normalized spacial score (nSPS) is 12.1. The standard InChI is InChI=1S/C29H27NO4/c1-29(2,3)34-27(31)21-13-5-4-11-20(21)12-10-18-30-28(32)33-19-26-24-16-8-6-14-22(24)23-15-7-9-17-25(23)26/h4-9,11,13-17,26H,18-19H2,1-3H3,(H,30,32). The van der Waals surface area contributed by atoms with Gasteiger partial charge in [-0.3, -0.25) is 0 Å². The first-order chi connectivity index (χ1) is 16.3. The predicted molar refractivity (Wildman–Crippen MR) is 132 cm³/mol. The fourth-order valence-corrected chi connectivity index (χ4v) is 4.01. The van der Waals surface area contributed by atoms with E-state index in [0.29, 0.717) is 11.1 Å². The summed E-state index contributed by atoms with van der Waals surface area (Å²) in [6.45, 7) is 5.79. The van der Waals surface area contributed by atoms with Gasteiger partial charge in [0.1, 0.15) is 12.2 Å². The Bertz CT molecular complexity index is 1230. The highest BCUT2D eigenvalue weighted by molar-refractivity contribution is 5.92. The molecule has 0 heterocycles. The quantitative estimate of drug-likeness (QED) is 0.417. The molecule has 172 valence electrons. The predicted octanol–water partition coefficient (Wildman–Crippen LogP) is 5.53. The minimum absolute atomic E-state index is 0.00457. The monoisotopic (exact) mass is 453 g/mol. The molecule has 0 atom stereocenters. The van der Waals surface area contributed by atoms with Gasteiger partial charge in [0.15, 0.2) is 0 Å². The highest BCUT2D eigenvalue weighted by Crippen LogP contribution is 2.44. The van der Waals surface area contributed by atoms with Gasteiger partial charge in [-0.2, -0.15) is 0 Å². The van der Waals surface area contributed by atoms with E-state index in [4.69, 9.17) is 9.47 Å². The molecule has 1 aliphatic rings. The van der Waals surface area contributed by atoms with E-state index in [1.54, 1.807) is 24.3 Å². The Kier molecular flexibility index (Phi) is 6.70. The van der Waals surface area contributed by atoms with Gasteiger partial charge in [-0.15, -0.1) is 0 Å². The Balaban J connectivity index is 1.35. The fraction of sp³-hybridized carbons (Fsp3) is 0.241. The Morgan fingerprint density at radius 1 is 0.882 bits per heavy atom. The van der Waals surface area contributed by atoms with E-state index in [2.05, 4.69) is 41.4 Å². The summed E-state index contributed by atoms with van der Waals surface area (Å²) in [4.78, 5) is 24.7. The first kappa shape index (κ1) is 23.1. The van der Waals surface area contributed by atoms with E-state index in [1.807, 2.05) is 45.0 Å². The van der Waals surface area contributed by atoms with E-state index < -0.39 is 17.7 Å². The topological polar surface area (TPSA) is 64.6 Å². The summed E-state index contributed by atoms with van der Waals surface area (Å²) in [6.07, 6.45) is -0.531. The third-order valence-electron chi connectivity index (χ3n) is 5.43. The van der Waals surface area contributed by atoms with Gasteiger partial charge in [0.05, 0.1) is 12.1 Å². The van der Waals surface area contributed by atoms with E-state index >= 15 is 0 Å². The molecular weight excluding hydrogens is 426 g/mol. The number of hydrogen-bond donors (Lipinski definition) is 1. The molecule has 0 spiro atoms. The van der Waals surface area contributed by atoms with Gasteiger partial charge < -0.3 is 14.8 Å². The molecule has 0 fully saturated rings. The molecule has 1 amide bonds. The van der Waals surface area contributed by atoms with Crippen LogP contribution in [0.2, 0.25) is 0 Å². The van der Waals surface area contributed by atoms with Crippen molar-refractivity contribution in [1.82, 2.24) is 5.32 Å². The van der Waals surface area contributed by atoms with Crippen LogP contribution in [0, 0.1) is 11.8 Å². The summed E-state index contributed by atoms with van der Waals surface area (Å²) in [6, 6.07) is 23.4. The second-order valence-corrected chi connectivity index (χ2v) is 9.03. The number of alkyl carbamates (subject to hydrolysis) is 1. The maximum atomic E-state index is 12.4. The summed E-state index contributed by atoms with van der Waals surface area (Å²) in [7, 11) is 0. The zero-order valence-electron chi connectivity index (χ0n) is 19.6. The minimum Gasteiger partial charge on any atom is -0.456 e. The van der Waals surface area contributed by atoms with E-state index in [0.717, 1.165) is 11.1 Å². The van der Waals surface area contributed by atoms with Crippen molar-refractivity contribution in [3.05, 3.63) is 95.1 Å². The van der Waals surface area contributed by atoms with Crippen LogP contribution in [0.15, 0.2) is 72.8 Å². The van der Waals surface area contributed by atoms with Crippen LogP contribution in [-0.2, 0) is 9.47 Å². The first-order valence-corrected chi connectivity index (χ1v) is 11.2. The number of benzene rings is 3. The van der Waals surface area contributed by atoms with E-state index in [-0.39, 0.29) is 19.1 Å². The van der Waals surface area contributed by atoms with Gasteiger partial charge in [0.2, 0.25) is 0 Å². The number of rotatable bonds is 4. The van der Waals surface area contributed by atoms with Crippen LogP contribution in [0.25, 0.3) is 11.1 Å². The van der Waals surface area contributed by atoms with Crippen molar-refractivity contribution < 1.29 is 19.1 Å². The molecule has 0 aromatic heterocycles. The SMILES string of the molecule is CC(C)(C)OC(=O)c1ccccc1C#CCNC(=O)OCC1c2ccccc2-c2ccccc21. The van der Waals surface area contributed by atoms with Crippen LogP contribution < -0.4 is 5.32 Å². The lowest BCUT2D eigenvalue weighted by atomic mass is 9.98. The molecule has 0 bridgehead atoms. The lowest BCUT2D eigenvalue weighted by molar-refractivity contribution is 0.00691. The van der Waals surface area contributed by atoms with Crippen molar-refractivity contribution in [3.8, 4) is 23.0 Å². The van der Waals surface area contributed by atoms with Crippen molar-refractivity contribution in [1.29, 1.82) is 0 Å². The Hall–Kier alpha value is -4.04. The molecular formula is C29H27NO4. The maximum Gasteiger partial charge on any atom is 0.407 e. The van der Waals surface area contributed by atoms with Crippen LogP contribution in [-0.4, -0.2) is 30.8 Å². The van der Waals surface area contributed by atoms with Gasteiger partial charge in [-0.05, 0) is 55.2 Å². The van der Waals surface area contributed by atoms with E-state index in [1.165, 1.54) is 11.1 Å². The summed E-state index contributed by atoms with van der Waals surface area (Å²) >= 11 is 0. The van der Waals surface area contributed by atoms with E-state index in [9.17, 15) is 9.59 Å². The zero-order chi connectivity index (χ0) is 24.1. The van der Waals surface area contributed by atoms with Gasteiger partial charge in [0, 0.05) is 11.5 Å². The number of esters is 1. The molecule has 0 radical (unpaired) electrons. The minimum atomic E-state index is -0.594. The molecule has 0 saturated carbocycles. The molecule has 1 N–H and O–H groups in total. The Morgan fingerprint density at radius 2 is 1.47 bits per heavy atom. The molecule has 0 saturated heterocycles. The van der Waals surface area contributed by atoms with Crippen LogP contribution >= 0.6 is 0 Å². The largest absolute Gasteiger partial charge is 0.456 e. The van der Waals surface area contributed by atoms with Crippen molar-refractivity contribution in [2.24, 2.45) is 0 Å². The molecule has 5 nitrogen and oxygen atoms in total. The maximum absolute atomic E-state index is 12.4. The fourth-order valence-electron chi connectivity index (χ4n) is 4.01. The van der Waals surface area contributed by atoms with Crippen molar-refractivity contribution in [3.63, 3.8) is 0 Å². The summed E-state index contributed by atoms with van der Waals surface area (Å²) in [5.74, 6) is 5.39. The molecule has 3 aromatic carbocycles. The lowest BCUT2D eigenvalue weighted by Gasteiger charge is -2.19. The highest BCUT2D eigenvalue weighted by atomic mass is 16.6. The number of ether oxygens (including phenoxy) is 2. The summed E-state index contributed by atoms with van der Waals surface area (Å²) in [5.41, 5.74) is 5.04. The van der Waals surface area contributed by atoms with Crippen molar-refractivity contribution in [2.75, 3.05) is 13.2 Å². The number of carbonyl (C=O) groups excluding carboxylic acids is 2. The van der Waals surface area contributed by atoms with Crippen LogP contribution in [0.5, 0.6) is 0 Å². The third-order valence-corrected chi connectivity index (χ3v) is 5.43. The average Bonchev–Trinajstić information content (AvgIpc) is 3.13. The first-order valence-electron chi connectivity index (χ1n) is 11.2. The Labute approximate surface area is 200 Å². The number of nitrogens with one attached hydrogen (secondary N) is 1. The van der Waals surface area contributed by atoms with Gasteiger partial charge >= 0.3 is 12.1 Å². The molecule has 5 heteroatoms. The molecule has 0 unspecified atom stereocenters. The third kappa shape index (κ3) is 5.29. The van der Waals surface area contributed by atoms with Crippen molar-refractivity contribution >= 4 is 12.1 Å². The van der Waals surface area contributed by atoms with Crippen molar-refractivity contribution in [2.45, 2.75) is 32.3 Å². The Morgan fingerprint density at radius 3 is 2.12 bits per heavy atom. The second-order valence-electron chi connectivity index (χ2n) is 9.03. The molecule has 1 aliphatic carbocycles. The molecule has 34 heavy (non-hydrogen) atoms. The molecule has 4 rings (SSSR count). The second kappa shape index (κ2) is 9.84. The summed E-state index contributed by atoms with van der Waals surface area (Å²) < 4.78 is 11.0. The number of fused-ring (bicyclic) bond motifs is 3. The highest BCUT2D eigenvalue weighted by Gasteiger charge is 2.28.